The standard InChI is InChI=1S/C19H31N3O3.ClH/c1-13(15-10-14(24-4)6-7-16(15)25-5)21-18(23)11-22-9-8-17(20)19(2,3)12-22;/h6-7,10,13,17H,8-9,11-12,20H2,1-5H3,(H,21,23);1H. The molecule has 7 heteroatoms. The van der Waals surface area contributed by atoms with Crippen LogP contribution in [0.1, 0.15) is 38.8 Å². The lowest BCUT2D eigenvalue weighted by atomic mass is 9.80. The fourth-order valence-electron chi connectivity index (χ4n) is 3.37. The number of nitrogens with zero attached hydrogens (tertiary/aromatic N) is 1. The van der Waals surface area contributed by atoms with Crippen LogP contribution in [0.25, 0.3) is 0 Å². The van der Waals surface area contributed by atoms with Crippen LogP contribution in [0.3, 0.4) is 0 Å². The molecule has 0 aliphatic carbocycles. The number of benzene rings is 1. The summed E-state index contributed by atoms with van der Waals surface area (Å²) in [6.07, 6.45) is 0.916. The van der Waals surface area contributed by atoms with E-state index in [0.29, 0.717) is 6.54 Å². The highest BCUT2D eigenvalue weighted by Gasteiger charge is 2.34. The summed E-state index contributed by atoms with van der Waals surface area (Å²) >= 11 is 0. The molecule has 2 atom stereocenters. The fraction of sp³-hybridized carbons (Fsp3) is 0.632. The maximum Gasteiger partial charge on any atom is 0.234 e. The number of halogens is 1. The van der Waals surface area contributed by atoms with Crippen molar-refractivity contribution >= 4 is 18.3 Å². The van der Waals surface area contributed by atoms with Crippen molar-refractivity contribution in [3.8, 4) is 11.5 Å². The Morgan fingerprint density at radius 1 is 1.38 bits per heavy atom. The van der Waals surface area contributed by atoms with Crippen LogP contribution in [-0.2, 0) is 4.79 Å². The summed E-state index contributed by atoms with van der Waals surface area (Å²) in [5, 5.41) is 3.06. The molecule has 0 radical (unpaired) electrons. The SMILES string of the molecule is COc1ccc(OC)c(C(C)NC(=O)CN2CCC(N)C(C)(C)C2)c1.Cl. The first-order valence-electron chi connectivity index (χ1n) is 8.76. The first kappa shape index (κ1) is 22.5. The quantitative estimate of drug-likeness (QED) is 0.786. The average Bonchev–Trinajstić information content (AvgIpc) is 2.57. The number of likely N-dealkylation sites (tertiary alicyclic amines) is 1. The Balaban J connectivity index is 0.00000338. The number of piperidine rings is 1. The van der Waals surface area contributed by atoms with Crippen molar-refractivity contribution in [1.82, 2.24) is 10.2 Å². The molecule has 0 bridgehead atoms. The first-order valence-corrected chi connectivity index (χ1v) is 8.76. The van der Waals surface area contributed by atoms with Crippen molar-refractivity contribution in [2.75, 3.05) is 33.9 Å². The summed E-state index contributed by atoms with van der Waals surface area (Å²) in [6.45, 7) is 8.34. The van der Waals surface area contributed by atoms with Gasteiger partial charge in [0.05, 0.1) is 26.8 Å². The molecular formula is C19H32ClN3O3. The van der Waals surface area contributed by atoms with Gasteiger partial charge < -0.3 is 20.5 Å². The summed E-state index contributed by atoms with van der Waals surface area (Å²) in [5.74, 6) is 1.48. The molecule has 1 aromatic carbocycles. The van der Waals surface area contributed by atoms with E-state index in [2.05, 4.69) is 24.1 Å². The molecule has 0 spiro atoms. The molecule has 1 fully saturated rings. The fourth-order valence-corrected chi connectivity index (χ4v) is 3.37. The third-order valence-corrected chi connectivity index (χ3v) is 5.04. The molecule has 0 aromatic heterocycles. The van der Waals surface area contributed by atoms with Crippen LogP contribution >= 0.6 is 12.4 Å². The lowest BCUT2D eigenvalue weighted by Gasteiger charge is -2.42. The van der Waals surface area contributed by atoms with E-state index in [1.54, 1.807) is 14.2 Å². The molecule has 1 aromatic rings. The van der Waals surface area contributed by atoms with Crippen molar-refractivity contribution in [1.29, 1.82) is 0 Å². The van der Waals surface area contributed by atoms with Crippen LogP contribution < -0.4 is 20.5 Å². The van der Waals surface area contributed by atoms with Gasteiger partial charge in [0.15, 0.2) is 0 Å². The normalized spacial score (nSPS) is 20.6. The number of nitrogens with one attached hydrogen (secondary N) is 1. The Kier molecular flexibility index (Phi) is 8.18. The molecule has 2 unspecified atom stereocenters. The van der Waals surface area contributed by atoms with E-state index in [9.17, 15) is 4.79 Å². The molecule has 6 nitrogen and oxygen atoms in total. The minimum Gasteiger partial charge on any atom is -0.497 e. The Hall–Kier alpha value is -1.50. The third kappa shape index (κ3) is 5.50. The second-order valence-corrected chi connectivity index (χ2v) is 7.49. The lowest BCUT2D eigenvalue weighted by Crippen LogP contribution is -2.54. The van der Waals surface area contributed by atoms with Crippen molar-refractivity contribution in [3.63, 3.8) is 0 Å². The van der Waals surface area contributed by atoms with Gasteiger partial charge in [-0.05, 0) is 37.0 Å². The van der Waals surface area contributed by atoms with Gasteiger partial charge >= 0.3 is 0 Å². The van der Waals surface area contributed by atoms with E-state index in [0.717, 1.165) is 36.6 Å². The number of amides is 1. The molecule has 0 saturated carbocycles. The molecule has 1 amide bonds. The van der Waals surface area contributed by atoms with Gasteiger partial charge in [0.1, 0.15) is 11.5 Å². The molecule has 1 heterocycles. The van der Waals surface area contributed by atoms with Crippen LogP contribution in [-0.4, -0.2) is 50.7 Å². The molecular weight excluding hydrogens is 354 g/mol. The predicted molar refractivity (Wildman–Crippen MR) is 106 cm³/mol. The van der Waals surface area contributed by atoms with E-state index in [4.69, 9.17) is 15.2 Å². The maximum atomic E-state index is 12.5. The van der Waals surface area contributed by atoms with Crippen molar-refractivity contribution in [2.24, 2.45) is 11.1 Å². The summed E-state index contributed by atoms with van der Waals surface area (Å²) in [4.78, 5) is 14.7. The van der Waals surface area contributed by atoms with Crippen LogP contribution in [0, 0.1) is 5.41 Å². The minimum atomic E-state index is -0.169. The molecule has 2 rings (SSSR count). The number of carbonyl (C=O) groups is 1. The molecule has 1 aliphatic rings. The Labute approximate surface area is 162 Å². The second-order valence-electron chi connectivity index (χ2n) is 7.49. The van der Waals surface area contributed by atoms with Crippen LogP contribution in [0.5, 0.6) is 11.5 Å². The van der Waals surface area contributed by atoms with E-state index in [-0.39, 0.29) is 35.8 Å². The number of ether oxygens (including phenoxy) is 2. The van der Waals surface area contributed by atoms with Crippen molar-refractivity contribution in [3.05, 3.63) is 23.8 Å². The molecule has 148 valence electrons. The van der Waals surface area contributed by atoms with Crippen molar-refractivity contribution in [2.45, 2.75) is 39.3 Å². The monoisotopic (exact) mass is 385 g/mol. The summed E-state index contributed by atoms with van der Waals surface area (Å²) < 4.78 is 10.7. The maximum absolute atomic E-state index is 12.5. The highest BCUT2D eigenvalue weighted by atomic mass is 35.5. The summed E-state index contributed by atoms with van der Waals surface area (Å²) in [6, 6.07) is 5.61. The van der Waals surface area contributed by atoms with E-state index < -0.39 is 0 Å². The highest BCUT2D eigenvalue weighted by Crippen LogP contribution is 2.30. The van der Waals surface area contributed by atoms with Crippen LogP contribution in [0.4, 0.5) is 0 Å². The smallest absolute Gasteiger partial charge is 0.234 e. The first-order chi connectivity index (χ1) is 11.8. The van der Waals surface area contributed by atoms with E-state index >= 15 is 0 Å². The molecule has 26 heavy (non-hydrogen) atoms. The molecule has 1 aliphatic heterocycles. The van der Waals surface area contributed by atoms with E-state index in [1.165, 1.54) is 0 Å². The van der Waals surface area contributed by atoms with Gasteiger partial charge in [-0.15, -0.1) is 12.4 Å². The summed E-state index contributed by atoms with van der Waals surface area (Å²) in [7, 11) is 3.25. The number of hydrogen-bond donors (Lipinski definition) is 2. The topological polar surface area (TPSA) is 76.8 Å². The van der Waals surface area contributed by atoms with Gasteiger partial charge in [-0.3, -0.25) is 9.69 Å². The van der Waals surface area contributed by atoms with Crippen LogP contribution in [0.15, 0.2) is 18.2 Å². The highest BCUT2D eigenvalue weighted by molar-refractivity contribution is 5.85. The second kappa shape index (κ2) is 9.44. The number of hydrogen-bond acceptors (Lipinski definition) is 5. The number of rotatable bonds is 6. The Morgan fingerprint density at radius 2 is 2.08 bits per heavy atom. The van der Waals surface area contributed by atoms with Gasteiger partial charge in [-0.2, -0.15) is 0 Å². The van der Waals surface area contributed by atoms with Gasteiger partial charge in [-0.25, -0.2) is 0 Å². The Bertz CT molecular complexity index is 610. The molecule has 1 saturated heterocycles. The van der Waals surface area contributed by atoms with Gasteiger partial charge in [0, 0.05) is 24.7 Å². The van der Waals surface area contributed by atoms with Gasteiger partial charge in [-0.1, -0.05) is 13.8 Å². The number of nitrogens with two attached hydrogens (primary N) is 1. The zero-order chi connectivity index (χ0) is 18.6. The third-order valence-electron chi connectivity index (χ3n) is 5.04. The summed E-state index contributed by atoms with van der Waals surface area (Å²) in [5.41, 5.74) is 7.10. The van der Waals surface area contributed by atoms with Crippen molar-refractivity contribution < 1.29 is 14.3 Å². The zero-order valence-corrected chi connectivity index (χ0v) is 17.2. The Morgan fingerprint density at radius 3 is 2.65 bits per heavy atom. The number of carbonyl (C=O) groups excluding carboxylic acids is 1. The minimum absolute atomic E-state index is 0. The van der Waals surface area contributed by atoms with Crippen LogP contribution in [0.2, 0.25) is 0 Å². The van der Waals surface area contributed by atoms with Gasteiger partial charge in [0.25, 0.3) is 0 Å². The average molecular weight is 386 g/mol. The predicted octanol–water partition coefficient (Wildman–Crippen LogP) is 2.36. The number of methoxy groups -OCH3 is 2. The molecule has 3 N–H and O–H groups in total. The zero-order valence-electron chi connectivity index (χ0n) is 16.4. The van der Waals surface area contributed by atoms with E-state index in [1.807, 2.05) is 25.1 Å². The largest absolute Gasteiger partial charge is 0.497 e. The van der Waals surface area contributed by atoms with Gasteiger partial charge in [0.2, 0.25) is 5.91 Å². The lowest BCUT2D eigenvalue weighted by molar-refractivity contribution is -0.123.